The Morgan fingerprint density at radius 2 is 1.74 bits per heavy atom. The summed E-state index contributed by atoms with van der Waals surface area (Å²) in [5, 5.41) is 8.66. The molecule has 1 fully saturated rings. The minimum atomic E-state index is -0.752. The van der Waals surface area contributed by atoms with E-state index in [9.17, 15) is 14.4 Å². The van der Waals surface area contributed by atoms with E-state index in [0.717, 1.165) is 38.5 Å². The first-order valence-electron chi connectivity index (χ1n) is 10.7. The molecule has 1 aliphatic rings. The zero-order chi connectivity index (χ0) is 19.9. The molecule has 0 aromatic rings. The maximum Gasteiger partial charge on any atom is 0.317 e. The van der Waals surface area contributed by atoms with Gasteiger partial charge in [0.25, 0.3) is 0 Å². The van der Waals surface area contributed by atoms with Gasteiger partial charge in [-0.2, -0.15) is 0 Å². The molecular weight excluding hydrogens is 344 g/mol. The molecule has 0 aromatic heterocycles. The van der Waals surface area contributed by atoms with Crippen molar-refractivity contribution in [3.63, 3.8) is 0 Å². The van der Waals surface area contributed by atoms with Gasteiger partial charge in [0, 0.05) is 6.42 Å². The number of allylic oxidation sites excluding steroid dienone is 2. The van der Waals surface area contributed by atoms with Gasteiger partial charge in [-0.25, -0.2) is 0 Å². The van der Waals surface area contributed by atoms with E-state index in [2.05, 4.69) is 19.1 Å². The summed E-state index contributed by atoms with van der Waals surface area (Å²) in [6.45, 7) is 2.22. The SMILES string of the molecule is CCCCCCCC/C=C/C(CCCCCCC(=O)O)C1CC(=O)OC1=O. The van der Waals surface area contributed by atoms with Crippen LogP contribution in [0.3, 0.4) is 0 Å². The predicted molar refractivity (Wildman–Crippen MR) is 105 cm³/mol. The molecule has 0 aliphatic carbocycles. The van der Waals surface area contributed by atoms with Gasteiger partial charge in [0.2, 0.25) is 0 Å². The average Bonchev–Trinajstić information content (AvgIpc) is 2.96. The minimum Gasteiger partial charge on any atom is -0.481 e. The number of esters is 2. The summed E-state index contributed by atoms with van der Waals surface area (Å²) in [5.41, 5.74) is 0. The Labute approximate surface area is 163 Å². The Balaban J connectivity index is 2.35. The van der Waals surface area contributed by atoms with Crippen molar-refractivity contribution in [2.45, 2.75) is 96.8 Å². The molecule has 5 heteroatoms. The summed E-state index contributed by atoms with van der Waals surface area (Å²) in [6, 6.07) is 0. The standard InChI is InChI=1S/C22H36O5/c1-2-3-4-5-6-7-8-11-14-18(19-17-21(25)27-22(19)26)15-12-9-10-13-16-20(23)24/h11,14,18-19H,2-10,12-13,15-17H2,1H3,(H,23,24)/b14-11+. The van der Waals surface area contributed by atoms with Crippen molar-refractivity contribution in [3.05, 3.63) is 12.2 Å². The van der Waals surface area contributed by atoms with Crippen LogP contribution in [0.4, 0.5) is 0 Å². The van der Waals surface area contributed by atoms with Crippen LogP contribution in [0.25, 0.3) is 0 Å². The number of carboxylic acid groups (broad SMARTS) is 1. The molecule has 1 aliphatic heterocycles. The molecule has 0 radical (unpaired) electrons. The predicted octanol–water partition coefficient (Wildman–Crippen LogP) is 5.42. The van der Waals surface area contributed by atoms with E-state index in [1.54, 1.807) is 0 Å². The molecule has 2 atom stereocenters. The number of rotatable bonds is 16. The number of carboxylic acids is 1. The van der Waals surface area contributed by atoms with Gasteiger partial charge >= 0.3 is 17.9 Å². The highest BCUT2D eigenvalue weighted by Crippen LogP contribution is 2.30. The van der Waals surface area contributed by atoms with E-state index in [1.165, 1.54) is 32.1 Å². The second-order valence-corrected chi connectivity index (χ2v) is 7.60. The number of hydrogen-bond donors (Lipinski definition) is 1. The van der Waals surface area contributed by atoms with Crippen molar-refractivity contribution < 1.29 is 24.2 Å². The van der Waals surface area contributed by atoms with Gasteiger partial charge in [-0.15, -0.1) is 0 Å². The largest absolute Gasteiger partial charge is 0.481 e. The summed E-state index contributed by atoms with van der Waals surface area (Å²) in [5.74, 6) is -1.86. The Hall–Kier alpha value is -1.65. The lowest BCUT2D eigenvalue weighted by molar-refractivity contribution is -0.153. The van der Waals surface area contributed by atoms with Crippen molar-refractivity contribution in [2.24, 2.45) is 11.8 Å². The van der Waals surface area contributed by atoms with Gasteiger partial charge in [0.05, 0.1) is 12.3 Å². The fraction of sp³-hybridized carbons (Fsp3) is 0.773. The van der Waals surface area contributed by atoms with Gasteiger partial charge in [-0.1, -0.05) is 70.4 Å². The molecular formula is C22H36O5. The molecule has 0 spiro atoms. The molecule has 1 heterocycles. The quantitative estimate of drug-likeness (QED) is 0.167. The first kappa shape index (κ1) is 23.4. The van der Waals surface area contributed by atoms with Gasteiger partial charge in [-0.05, 0) is 31.6 Å². The Morgan fingerprint density at radius 1 is 1.07 bits per heavy atom. The van der Waals surface area contributed by atoms with Crippen molar-refractivity contribution in [1.82, 2.24) is 0 Å². The lowest BCUT2D eigenvalue weighted by atomic mass is 9.86. The molecule has 1 saturated heterocycles. The summed E-state index contributed by atoms with van der Waals surface area (Å²) >= 11 is 0. The van der Waals surface area contributed by atoms with E-state index in [-0.39, 0.29) is 30.6 Å². The van der Waals surface area contributed by atoms with Crippen LogP contribution in [-0.4, -0.2) is 23.0 Å². The van der Waals surface area contributed by atoms with Crippen molar-refractivity contribution in [2.75, 3.05) is 0 Å². The van der Waals surface area contributed by atoms with Crippen molar-refractivity contribution in [3.8, 4) is 0 Å². The zero-order valence-electron chi connectivity index (χ0n) is 16.8. The topological polar surface area (TPSA) is 80.7 Å². The van der Waals surface area contributed by atoms with Crippen molar-refractivity contribution in [1.29, 1.82) is 0 Å². The first-order chi connectivity index (χ1) is 13.0. The average molecular weight is 381 g/mol. The van der Waals surface area contributed by atoms with Gasteiger partial charge in [0.1, 0.15) is 0 Å². The van der Waals surface area contributed by atoms with Gasteiger partial charge < -0.3 is 9.84 Å². The van der Waals surface area contributed by atoms with Crippen LogP contribution in [0.1, 0.15) is 96.8 Å². The van der Waals surface area contributed by atoms with Crippen LogP contribution in [-0.2, 0) is 19.1 Å². The molecule has 0 aromatic carbocycles. The molecule has 154 valence electrons. The second-order valence-electron chi connectivity index (χ2n) is 7.60. The molecule has 27 heavy (non-hydrogen) atoms. The second kappa shape index (κ2) is 14.4. The van der Waals surface area contributed by atoms with Crippen LogP contribution < -0.4 is 0 Å². The molecule has 1 rings (SSSR count). The fourth-order valence-electron chi connectivity index (χ4n) is 3.57. The molecule has 0 amide bonds. The smallest absolute Gasteiger partial charge is 0.317 e. The highest BCUT2D eigenvalue weighted by atomic mass is 16.6. The van der Waals surface area contributed by atoms with Crippen LogP contribution in [0.5, 0.6) is 0 Å². The lowest BCUT2D eigenvalue weighted by Crippen LogP contribution is -2.18. The number of ether oxygens (including phenoxy) is 1. The monoisotopic (exact) mass is 380 g/mol. The highest BCUT2D eigenvalue weighted by Gasteiger charge is 2.37. The summed E-state index contributed by atoms with van der Waals surface area (Å²) < 4.78 is 4.73. The number of unbranched alkanes of at least 4 members (excludes halogenated alkanes) is 9. The third kappa shape index (κ3) is 10.9. The maximum atomic E-state index is 11.9. The summed E-state index contributed by atoms with van der Waals surface area (Å²) in [7, 11) is 0. The first-order valence-corrected chi connectivity index (χ1v) is 10.7. The maximum absolute atomic E-state index is 11.9. The van der Waals surface area contributed by atoms with Gasteiger partial charge in [-0.3, -0.25) is 14.4 Å². The van der Waals surface area contributed by atoms with Crippen molar-refractivity contribution >= 4 is 17.9 Å². The molecule has 0 bridgehead atoms. The van der Waals surface area contributed by atoms with E-state index in [4.69, 9.17) is 9.84 Å². The number of cyclic esters (lactones) is 2. The fourth-order valence-corrected chi connectivity index (χ4v) is 3.57. The Morgan fingerprint density at radius 3 is 2.41 bits per heavy atom. The van der Waals surface area contributed by atoms with Crippen LogP contribution in [0, 0.1) is 11.8 Å². The highest BCUT2D eigenvalue weighted by molar-refractivity contribution is 5.94. The molecule has 1 N–H and O–H groups in total. The van der Waals surface area contributed by atoms with Crippen LogP contribution in [0.15, 0.2) is 12.2 Å². The number of carbonyl (C=O) groups excluding carboxylic acids is 2. The van der Waals surface area contributed by atoms with E-state index >= 15 is 0 Å². The van der Waals surface area contributed by atoms with Gasteiger partial charge in [0.15, 0.2) is 0 Å². The zero-order valence-corrected chi connectivity index (χ0v) is 16.8. The number of hydrogen-bond acceptors (Lipinski definition) is 4. The van der Waals surface area contributed by atoms with E-state index in [0.29, 0.717) is 6.42 Å². The molecule has 2 unspecified atom stereocenters. The Bertz CT molecular complexity index is 483. The van der Waals surface area contributed by atoms with Crippen LogP contribution >= 0.6 is 0 Å². The summed E-state index contributed by atoms with van der Waals surface area (Å²) in [6.07, 6.45) is 17.5. The third-order valence-electron chi connectivity index (χ3n) is 5.21. The summed E-state index contributed by atoms with van der Waals surface area (Å²) in [4.78, 5) is 33.9. The van der Waals surface area contributed by atoms with Crippen LogP contribution in [0.2, 0.25) is 0 Å². The Kier molecular flexibility index (Phi) is 12.5. The van der Waals surface area contributed by atoms with E-state index < -0.39 is 11.9 Å². The third-order valence-corrected chi connectivity index (χ3v) is 5.21. The molecule has 0 saturated carbocycles. The number of aliphatic carboxylic acids is 1. The minimum absolute atomic E-state index is 0.0449. The molecule has 5 nitrogen and oxygen atoms in total. The number of carbonyl (C=O) groups is 3. The lowest BCUT2D eigenvalue weighted by Gasteiger charge is -2.16. The normalized spacial score (nSPS) is 18.2. The van der Waals surface area contributed by atoms with E-state index in [1.807, 2.05) is 0 Å².